The van der Waals surface area contributed by atoms with Crippen molar-refractivity contribution < 1.29 is 9.21 Å². The van der Waals surface area contributed by atoms with E-state index in [1.165, 1.54) is 11.1 Å². The van der Waals surface area contributed by atoms with Crippen molar-refractivity contribution in [2.24, 2.45) is 4.99 Å². The van der Waals surface area contributed by atoms with E-state index in [9.17, 15) is 4.79 Å². The Morgan fingerprint density at radius 3 is 2.58 bits per heavy atom. The number of hydrogen-bond donors (Lipinski definition) is 1. The summed E-state index contributed by atoms with van der Waals surface area (Å²) in [6.07, 6.45) is 1.53. The van der Waals surface area contributed by atoms with E-state index >= 15 is 0 Å². The van der Waals surface area contributed by atoms with Gasteiger partial charge in [0.1, 0.15) is 0 Å². The molecule has 2 aromatic heterocycles. The van der Waals surface area contributed by atoms with Gasteiger partial charge in [0.25, 0.3) is 5.91 Å². The van der Waals surface area contributed by atoms with Crippen LogP contribution in [-0.4, -0.2) is 54.4 Å². The molecule has 0 atom stereocenters. The number of guanidine groups is 1. The Balaban J connectivity index is 0.00000243. The van der Waals surface area contributed by atoms with Crippen LogP contribution in [0.1, 0.15) is 22.4 Å². The molecule has 1 aliphatic rings. The number of rotatable bonds is 4. The number of halogens is 2. The standard InChI is InChI=1S/C17H21BrN4O2S.HI/c1-2-19-17(20-12-13-5-6-15(18)25-13)22-9-7-21(8-10-22)16(23)14-4-3-11-24-14;/h3-6,11H,2,7-10,12H2,1H3,(H,19,20);1H. The summed E-state index contributed by atoms with van der Waals surface area (Å²) in [5.74, 6) is 1.25. The molecular weight excluding hydrogens is 531 g/mol. The van der Waals surface area contributed by atoms with Gasteiger partial charge < -0.3 is 19.5 Å². The second-order valence-electron chi connectivity index (χ2n) is 5.63. The van der Waals surface area contributed by atoms with E-state index in [1.54, 1.807) is 23.5 Å². The summed E-state index contributed by atoms with van der Waals surface area (Å²) in [5.41, 5.74) is 0. The monoisotopic (exact) mass is 552 g/mol. The molecule has 0 saturated carbocycles. The van der Waals surface area contributed by atoms with Crippen molar-refractivity contribution in [2.45, 2.75) is 13.5 Å². The Bertz CT molecular complexity index is 727. The van der Waals surface area contributed by atoms with Crippen LogP contribution in [0, 0.1) is 0 Å². The zero-order valence-electron chi connectivity index (χ0n) is 14.5. The lowest BCUT2D eigenvalue weighted by molar-refractivity contribution is 0.0657. The lowest BCUT2D eigenvalue weighted by Gasteiger charge is -2.36. The molecule has 0 aliphatic carbocycles. The molecule has 26 heavy (non-hydrogen) atoms. The maximum absolute atomic E-state index is 12.3. The Morgan fingerprint density at radius 2 is 2.00 bits per heavy atom. The molecule has 0 unspecified atom stereocenters. The molecule has 9 heteroatoms. The molecule has 1 amide bonds. The van der Waals surface area contributed by atoms with Gasteiger partial charge in [-0.2, -0.15) is 0 Å². The van der Waals surface area contributed by atoms with Crippen molar-refractivity contribution in [3.63, 3.8) is 0 Å². The van der Waals surface area contributed by atoms with Gasteiger partial charge in [0.15, 0.2) is 11.7 Å². The highest BCUT2D eigenvalue weighted by Gasteiger charge is 2.25. The van der Waals surface area contributed by atoms with Gasteiger partial charge in [-0.15, -0.1) is 35.3 Å². The zero-order valence-corrected chi connectivity index (χ0v) is 19.2. The minimum Gasteiger partial charge on any atom is -0.459 e. The summed E-state index contributed by atoms with van der Waals surface area (Å²) >= 11 is 5.18. The Hall–Kier alpha value is -1.07. The maximum atomic E-state index is 12.3. The molecule has 0 spiro atoms. The van der Waals surface area contributed by atoms with Crippen LogP contribution < -0.4 is 5.32 Å². The predicted octanol–water partition coefficient (Wildman–Crippen LogP) is 3.65. The van der Waals surface area contributed by atoms with E-state index in [0.29, 0.717) is 25.4 Å². The van der Waals surface area contributed by atoms with E-state index < -0.39 is 0 Å². The van der Waals surface area contributed by atoms with E-state index in [1.807, 2.05) is 11.0 Å². The number of piperazine rings is 1. The number of nitrogens with one attached hydrogen (secondary N) is 1. The SMILES string of the molecule is CCNC(=NCc1ccc(Br)s1)N1CCN(C(=O)c2ccco2)CC1.I. The third-order valence-corrected chi connectivity index (χ3v) is 5.56. The van der Waals surface area contributed by atoms with E-state index in [4.69, 9.17) is 9.41 Å². The van der Waals surface area contributed by atoms with E-state index in [0.717, 1.165) is 29.4 Å². The molecule has 142 valence electrons. The molecule has 0 radical (unpaired) electrons. The minimum absolute atomic E-state index is 0. The van der Waals surface area contributed by atoms with Crippen LogP contribution in [-0.2, 0) is 6.54 Å². The number of amides is 1. The Labute approximate surface area is 182 Å². The van der Waals surface area contributed by atoms with Crippen molar-refractivity contribution in [1.29, 1.82) is 0 Å². The molecule has 6 nitrogen and oxygen atoms in total. The second-order valence-corrected chi connectivity index (χ2v) is 8.18. The largest absolute Gasteiger partial charge is 0.459 e. The van der Waals surface area contributed by atoms with Crippen molar-refractivity contribution in [2.75, 3.05) is 32.7 Å². The van der Waals surface area contributed by atoms with Crippen LogP contribution in [0.15, 0.2) is 43.7 Å². The Kier molecular flexibility index (Phi) is 8.42. The number of carbonyl (C=O) groups excluding carboxylic acids is 1. The van der Waals surface area contributed by atoms with Crippen LogP contribution >= 0.6 is 51.2 Å². The summed E-state index contributed by atoms with van der Waals surface area (Å²) in [7, 11) is 0. The molecule has 3 rings (SSSR count). The van der Waals surface area contributed by atoms with Crippen LogP contribution in [0.2, 0.25) is 0 Å². The average Bonchev–Trinajstić information content (AvgIpc) is 3.30. The van der Waals surface area contributed by atoms with Gasteiger partial charge in [0, 0.05) is 37.6 Å². The fourth-order valence-electron chi connectivity index (χ4n) is 2.69. The number of thiophene rings is 1. The molecule has 1 aliphatic heterocycles. The highest BCUT2D eigenvalue weighted by Crippen LogP contribution is 2.22. The quantitative estimate of drug-likeness (QED) is 0.357. The average molecular weight is 553 g/mol. The molecule has 1 saturated heterocycles. The molecule has 2 aromatic rings. The number of aliphatic imine (C=N–C) groups is 1. The fourth-order valence-corrected chi connectivity index (χ4v) is 4.10. The van der Waals surface area contributed by atoms with Gasteiger partial charge in [-0.25, -0.2) is 4.99 Å². The van der Waals surface area contributed by atoms with E-state index in [-0.39, 0.29) is 29.9 Å². The molecule has 1 N–H and O–H groups in total. The normalized spacial score (nSPS) is 14.9. The second kappa shape index (κ2) is 10.3. The summed E-state index contributed by atoms with van der Waals surface area (Å²) < 4.78 is 6.33. The smallest absolute Gasteiger partial charge is 0.289 e. The van der Waals surface area contributed by atoms with Crippen LogP contribution in [0.5, 0.6) is 0 Å². The minimum atomic E-state index is -0.0463. The molecule has 0 bridgehead atoms. The first-order valence-corrected chi connectivity index (χ1v) is 9.88. The first kappa shape index (κ1) is 21.2. The maximum Gasteiger partial charge on any atom is 0.289 e. The number of carbonyl (C=O) groups is 1. The highest BCUT2D eigenvalue weighted by molar-refractivity contribution is 14.0. The lowest BCUT2D eigenvalue weighted by atomic mass is 10.3. The van der Waals surface area contributed by atoms with Gasteiger partial charge in [-0.05, 0) is 47.1 Å². The third kappa shape index (κ3) is 5.46. The Morgan fingerprint density at radius 1 is 1.27 bits per heavy atom. The van der Waals surface area contributed by atoms with Gasteiger partial charge in [0.2, 0.25) is 0 Å². The molecular formula is C17H22BrIN4O2S. The zero-order chi connectivity index (χ0) is 17.6. The first-order valence-electron chi connectivity index (χ1n) is 8.27. The van der Waals surface area contributed by atoms with Gasteiger partial charge in [-0.3, -0.25) is 4.79 Å². The lowest BCUT2D eigenvalue weighted by Crippen LogP contribution is -2.53. The number of nitrogens with zero attached hydrogens (tertiary/aromatic N) is 3. The van der Waals surface area contributed by atoms with Gasteiger partial charge in [-0.1, -0.05) is 0 Å². The van der Waals surface area contributed by atoms with Crippen molar-refractivity contribution in [1.82, 2.24) is 15.1 Å². The molecule has 1 fully saturated rings. The summed E-state index contributed by atoms with van der Waals surface area (Å²) in [6.45, 7) is 6.37. The van der Waals surface area contributed by atoms with E-state index in [2.05, 4.69) is 39.1 Å². The number of hydrogen-bond acceptors (Lipinski definition) is 4. The van der Waals surface area contributed by atoms with Crippen LogP contribution in [0.25, 0.3) is 0 Å². The highest BCUT2D eigenvalue weighted by atomic mass is 127. The first-order chi connectivity index (χ1) is 12.2. The van der Waals surface area contributed by atoms with Crippen molar-refractivity contribution >= 4 is 63.1 Å². The predicted molar refractivity (Wildman–Crippen MR) is 118 cm³/mol. The topological polar surface area (TPSA) is 61.1 Å². The number of furan rings is 1. The summed E-state index contributed by atoms with van der Waals surface area (Å²) in [6, 6.07) is 7.57. The van der Waals surface area contributed by atoms with Gasteiger partial charge >= 0.3 is 0 Å². The third-order valence-electron chi connectivity index (χ3n) is 3.95. The van der Waals surface area contributed by atoms with Crippen molar-refractivity contribution in [3.8, 4) is 0 Å². The summed E-state index contributed by atoms with van der Waals surface area (Å²) in [4.78, 5) is 22.3. The van der Waals surface area contributed by atoms with Crippen molar-refractivity contribution in [3.05, 3.63) is 45.0 Å². The summed E-state index contributed by atoms with van der Waals surface area (Å²) in [5, 5.41) is 3.35. The molecule has 0 aromatic carbocycles. The van der Waals surface area contributed by atoms with Crippen LogP contribution in [0.3, 0.4) is 0 Å². The molecule has 3 heterocycles. The fraction of sp³-hybridized carbons (Fsp3) is 0.412. The van der Waals surface area contributed by atoms with Crippen LogP contribution in [0.4, 0.5) is 0 Å². The van der Waals surface area contributed by atoms with Gasteiger partial charge in [0.05, 0.1) is 16.6 Å².